The van der Waals surface area contributed by atoms with Gasteiger partial charge in [-0.15, -0.1) is 0 Å². The van der Waals surface area contributed by atoms with Crippen molar-refractivity contribution in [1.82, 2.24) is 25.1 Å². The number of amides is 1. The third-order valence-electron chi connectivity index (χ3n) is 6.14. The third-order valence-corrected chi connectivity index (χ3v) is 6.39. The van der Waals surface area contributed by atoms with Gasteiger partial charge in [-0.2, -0.15) is 5.26 Å². The van der Waals surface area contributed by atoms with Gasteiger partial charge in [0.1, 0.15) is 0 Å². The van der Waals surface area contributed by atoms with Crippen LogP contribution in [0.5, 0.6) is 0 Å². The molecule has 1 aliphatic heterocycles. The van der Waals surface area contributed by atoms with Gasteiger partial charge in [0.05, 0.1) is 6.33 Å². The Balaban J connectivity index is 1.23. The summed E-state index contributed by atoms with van der Waals surface area (Å²) in [6.07, 6.45) is 9.93. The predicted molar refractivity (Wildman–Crippen MR) is 136 cm³/mol. The quantitative estimate of drug-likeness (QED) is 0.228. The number of aliphatic imine (C=N–C) groups is 1. The van der Waals surface area contributed by atoms with Crippen molar-refractivity contribution in [3.05, 3.63) is 83.4 Å². The summed E-state index contributed by atoms with van der Waals surface area (Å²) in [5.41, 5.74) is 2.75. The van der Waals surface area contributed by atoms with Gasteiger partial charge in [-0.1, -0.05) is 23.7 Å². The average Bonchev–Trinajstić information content (AvgIpc) is 3.44. The predicted octanol–water partition coefficient (Wildman–Crippen LogP) is 3.64. The lowest BCUT2D eigenvalue weighted by Crippen LogP contribution is -2.46. The fourth-order valence-corrected chi connectivity index (χ4v) is 4.22. The van der Waals surface area contributed by atoms with Gasteiger partial charge in [-0.25, -0.2) is 4.98 Å². The third kappa shape index (κ3) is 6.84. The molecule has 0 saturated carbocycles. The molecule has 0 bridgehead atoms. The summed E-state index contributed by atoms with van der Waals surface area (Å²) in [7, 11) is 0. The van der Waals surface area contributed by atoms with Gasteiger partial charge in [0.25, 0.3) is 5.91 Å². The Morgan fingerprint density at radius 3 is 2.54 bits per heavy atom. The number of carbonyl (C=O) groups excluding carboxylic acids is 1. The number of carbonyl (C=O) groups is 1. The lowest BCUT2D eigenvalue weighted by atomic mass is 9.97. The Hall–Kier alpha value is -3.83. The number of hydrogen-bond acceptors (Lipinski definition) is 4. The van der Waals surface area contributed by atoms with Gasteiger partial charge < -0.3 is 14.8 Å². The van der Waals surface area contributed by atoms with Gasteiger partial charge >= 0.3 is 0 Å². The maximum absolute atomic E-state index is 12.6. The van der Waals surface area contributed by atoms with Crippen molar-refractivity contribution < 1.29 is 4.79 Å². The van der Waals surface area contributed by atoms with Crippen LogP contribution in [0.1, 0.15) is 28.8 Å². The fraction of sp³-hybridized carbons (Fsp3) is 0.308. The van der Waals surface area contributed by atoms with Crippen LogP contribution in [0.2, 0.25) is 5.02 Å². The molecule has 2 heterocycles. The Bertz CT molecular complexity index is 1160. The average molecular weight is 490 g/mol. The molecule has 1 fully saturated rings. The normalized spacial score (nSPS) is 14.4. The molecule has 0 atom stereocenters. The summed E-state index contributed by atoms with van der Waals surface area (Å²) in [4.78, 5) is 23.4. The number of nitrogens with zero attached hydrogens (tertiary/aromatic N) is 5. The number of nitriles is 1. The SMILES string of the molecule is N#CNC(=NCCc1ccc(Cl)cc1)N1CCC(CNC(=O)c2ccc(-n3ccnc3)cc2)CC1. The van der Waals surface area contributed by atoms with E-state index < -0.39 is 0 Å². The maximum Gasteiger partial charge on any atom is 0.251 e. The summed E-state index contributed by atoms with van der Waals surface area (Å²) in [5, 5.41) is 15.7. The van der Waals surface area contributed by atoms with Crippen molar-refractivity contribution in [2.45, 2.75) is 19.3 Å². The van der Waals surface area contributed by atoms with E-state index in [0.717, 1.165) is 43.6 Å². The first-order valence-corrected chi connectivity index (χ1v) is 12.1. The molecule has 4 rings (SSSR count). The van der Waals surface area contributed by atoms with Crippen molar-refractivity contribution >= 4 is 23.5 Å². The van der Waals surface area contributed by atoms with Gasteiger partial charge in [-0.3, -0.25) is 15.1 Å². The van der Waals surface area contributed by atoms with E-state index in [1.807, 2.05) is 65.5 Å². The Labute approximate surface area is 210 Å². The van der Waals surface area contributed by atoms with Crippen LogP contribution >= 0.6 is 11.6 Å². The highest BCUT2D eigenvalue weighted by Crippen LogP contribution is 2.17. The zero-order valence-corrected chi connectivity index (χ0v) is 20.2. The molecule has 0 unspecified atom stereocenters. The van der Waals surface area contributed by atoms with Crippen molar-refractivity contribution in [1.29, 1.82) is 5.26 Å². The van der Waals surface area contributed by atoms with Gasteiger partial charge in [-0.05, 0) is 67.1 Å². The standard InChI is InChI=1S/C26H28ClN7O/c27-23-5-1-20(2-6-23)9-12-30-26(32-18-28)33-14-10-21(11-15-33)17-31-25(35)22-3-7-24(8-4-22)34-16-13-29-19-34/h1-8,13,16,19,21H,9-12,14-15,17H2,(H,30,32)(H,31,35). The molecule has 9 heteroatoms. The fourth-order valence-electron chi connectivity index (χ4n) is 4.10. The summed E-state index contributed by atoms with van der Waals surface area (Å²) < 4.78 is 1.89. The minimum absolute atomic E-state index is 0.0693. The van der Waals surface area contributed by atoms with E-state index in [9.17, 15) is 4.79 Å². The number of aromatic nitrogens is 2. The first-order chi connectivity index (χ1) is 17.1. The van der Waals surface area contributed by atoms with E-state index in [1.54, 1.807) is 12.5 Å². The number of piperidine rings is 1. The smallest absolute Gasteiger partial charge is 0.251 e. The minimum atomic E-state index is -0.0693. The van der Waals surface area contributed by atoms with Gasteiger partial charge in [0.2, 0.25) is 5.96 Å². The van der Waals surface area contributed by atoms with Crippen molar-refractivity contribution in [3.8, 4) is 11.9 Å². The number of benzene rings is 2. The molecule has 2 aromatic carbocycles. The van der Waals surface area contributed by atoms with Crippen LogP contribution < -0.4 is 10.6 Å². The summed E-state index contributed by atoms with van der Waals surface area (Å²) in [5.74, 6) is 0.931. The van der Waals surface area contributed by atoms with E-state index >= 15 is 0 Å². The summed E-state index contributed by atoms with van der Waals surface area (Å²) in [6.45, 7) is 2.79. The Morgan fingerprint density at radius 2 is 1.89 bits per heavy atom. The number of hydrogen-bond donors (Lipinski definition) is 2. The number of likely N-dealkylation sites (tertiary alicyclic amines) is 1. The first kappa shape index (κ1) is 24.3. The van der Waals surface area contributed by atoms with Crippen LogP contribution in [0.3, 0.4) is 0 Å². The van der Waals surface area contributed by atoms with Crippen LogP contribution in [0.25, 0.3) is 5.69 Å². The first-order valence-electron chi connectivity index (χ1n) is 11.7. The molecule has 0 spiro atoms. The van der Waals surface area contributed by atoms with Crippen LogP contribution in [-0.2, 0) is 6.42 Å². The molecule has 1 saturated heterocycles. The molecule has 0 radical (unpaired) electrons. The van der Waals surface area contributed by atoms with E-state index in [0.29, 0.717) is 35.6 Å². The number of halogens is 1. The maximum atomic E-state index is 12.6. The van der Waals surface area contributed by atoms with E-state index in [-0.39, 0.29) is 5.91 Å². The van der Waals surface area contributed by atoms with Crippen molar-refractivity contribution in [2.24, 2.45) is 10.9 Å². The lowest BCUT2D eigenvalue weighted by Gasteiger charge is -2.33. The zero-order chi connectivity index (χ0) is 24.5. The topological polar surface area (TPSA) is 98.3 Å². The number of guanidine groups is 1. The number of nitrogens with one attached hydrogen (secondary N) is 2. The van der Waals surface area contributed by atoms with Gasteiger partial charge in [0, 0.05) is 54.8 Å². The van der Waals surface area contributed by atoms with Crippen LogP contribution in [-0.4, -0.2) is 52.5 Å². The van der Waals surface area contributed by atoms with Crippen LogP contribution in [0.4, 0.5) is 0 Å². The number of imidazole rings is 1. The molecule has 8 nitrogen and oxygen atoms in total. The van der Waals surface area contributed by atoms with Crippen LogP contribution in [0, 0.1) is 17.4 Å². The van der Waals surface area contributed by atoms with Crippen molar-refractivity contribution in [3.63, 3.8) is 0 Å². The van der Waals surface area contributed by atoms with E-state index in [4.69, 9.17) is 16.9 Å². The molecule has 1 aromatic heterocycles. The van der Waals surface area contributed by atoms with E-state index in [1.165, 1.54) is 0 Å². The van der Waals surface area contributed by atoms with E-state index in [2.05, 4.69) is 25.5 Å². The monoisotopic (exact) mass is 489 g/mol. The molecule has 1 aliphatic rings. The molecule has 2 N–H and O–H groups in total. The second-order valence-electron chi connectivity index (χ2n) is 8.48. The molecule has 0 aliphatic carbocycles. The minimum Gasteiger partial charge on any atom is -0.352 e. The molecule has 180 valence electrons. The van der Waals surface area contributed by atoms with Crippen LogP contribution in [0.15, 0.2) is 72.2 Å². The molecular formula is C26H28ClN7O. The second kappa shape index (κ2) is 12.0. The van der Waals surface area contributed by atoms with Gasteiger partial charge in [0.15, 0.2) is 6.19 Å². The molecule has 1 amide bonds. The largest absolute Gasteiger partial charge is 0.352 e. The molecular weight excluding hydrogens is 462 g/mol. The highest BCUT2D eigenvalue weighted by atomic mass is 35.5. The lowest BCUT2D eigenvalue weighted by molar-refractivity contribution is 0.0941. The molecule has 3 aromatic rings. The second-order valence-corrected chi connectivity index (χ2v) is 8.91. The Kier molecular flexibility index (Phi) is 8.36. The summed E-state index contributed by atoms with van der Waals surface area (Å²) in [6, 6.07) is 15.2. The molecule has 35 heavy (non-hydrogen) atoms. The van der Waals surface area contributed by atoms with Crippen molar-refractivity contribution in [2.75, 3.05) is 26.2 Å². The highest BCUT2D eigenvalue weighted by Gasteiger charge is 2.22. The number of rotatable bonds is 7. The zero-order valence-electron chi connectivity index (χ0n) is 19.4. The summed E-state index contributed by atoms with van der Waals surface area (Å²) >= 11 is 5.94. The highest BCUT2D eigenvalue weighted by molar-refractivity contribution is 6.30. The Morgan fingerprint density at radius 1 is 1.14 bits per heavy atom.